The van der Waals surface area contributed by atoms with Crippen LogP contribution in [0.25, 0.3) is 0 Å². The van der Waals surface area contributed by atoms with Crippen LogP contribution in [0.2, 0.25) is 0 Å². The Morgan fingerprint density at radius 1 is 1.31 bits per heavy atom. The van der Waals surface area contributed by atoms with Crippen molar-refractivity contribution in [2.45, 2.75) is 52.5 Å². The van der Waals surface area contributed by atoms with Gasteiger partial charge in [0.15, 0.2) is 6.61 Å². The molecule has 156 valence electrons. The zero-order valence-corrected chi connectivity index (χ0v) is 17.9. The van der Waals surface area contributed by atoms with Crippen LogP contribution in [0.1, 0.15) is 49.4 Å². The van der Waals surface area contributed by atoms with Gasteiger partial charge in [-0.2, -0.15) is 5.10 Å². The van der Waals surface area contributed by atoms with Gasteiger partial charge in [-0.15, -0.1) is 0 Å². The minimum Gasteiger partial charge on any atom is -0.484 e. The second-order valence-electron chi connectivity index (χ2n) is 7.98. The SMILES string of the molecule is Cc1cc(N2CCCC(NC(=O)COc3ccc(C(C)C)c(C)c3)C2=O)n(C)n1. The van der Waals surface area contributed by atoms with E-state index in [1.165, 1.54) is 5.56 Å². The number of amides is 2. The predicted octanol–water partition coefficient (Wildman–Crippen LogP) is 2.85. The molecule has 0 radical (unpaired) electrons. The molecule has 0 bridgehead atoms. The second-order valence-corrected chi connectivity index (χ2v) is 7.98. The van der Waals surface area contributed by atoms with Crippen LogP contribution in [0.4, 0.5) is 5.82 Å². The first-order valence-corrected chi connectivity index (χ1v) is 10.1. The number of carbonyl (C=O) groups excluding carboxylic acids is 2. The molecular formula is C22H30N4O3. The molecule has 1 saturated heterocycles. The summed E-state index contributed by atoms with van der Waals surface area (Å²) >= 11 is 0. The molecule has 2 aromatic rings. The number of nitrogens with zero attached hydrogens (tertiary/aromatic N) is 3. The maximum absolute atomic E-state index is 12.9. The third-order valence-corrected chi connectivity index (χ3v) is 5.26. The van der Waals surface area contributed by atoms with Crippen LogP contribution in [-0.4, -0.2) is 40.8 Å². The summed E-state index contributed by atoms with van der Waals surface area (Å²) in [5.74, 6) is 1.45. The van der Waals surface area contributed by atoms with Gasteiger partial charge in [-0.3, -0.25) is 19.2 Å². The fourth-order valence-electron chi connectivity index (χ4n) is 3.86. The van der Waals surface area contributed by atoms with Crippen LogP contribution >= 0.6 is 0 Å². The lowest BCUT2D eigenvalue weighted by molar-refractivity contribution is -0.129. The zero-order valence-electron chi connectivity index (χ0n) is 17.9. The average molecular weight is 399 g/mol. The van der Waals surface area contributed by atoms with Crippen LogP contribution < -0.4 is 15.0 Å². The lowest BCUT2D eigenvalue weighted by Gasteiger charge is -2.32. The Labute approximate surface area is 172 Å². The number of rotatable bonds is 6. The Morgan fingerprint density at radius 2 is 2.07 bits per heavy atom. The lowest BCUT2D eigenvalue weighted by atomic mass is 9.98. The van der Waals surface area contributed by atoms with Crippen molar-refractivity contribution in [3.8, 4) is 5.75 Å². The summed E-state index contributed by atoms with van der Waals surface area (Å²) in [6.07, 6.45) is 1.44. The highest BCUT2D eigenvalue weighted by molar-refractivity contribution is 5.99. The van der Waals surface area contributed by atoms with Gasteiger partial charge < -0.3 is 10.1 Å². The fourth-order valence-corrected chi connectivity index (χ4v) is 3.86. The minimum atomic E-state index is -0.542. The van der Waals surface area contributed by atoms with Crippen molar-refractivity contribution in [3.63, 3.8) is 0 Å². The number of nitrogens with one attached hydrogen (secondary N) is 1. The highest BCUT2D eigenvalue weighted by Gasteiger charge is 2.32. The predicted molar refractivity (Wildman–Crippen MR) is 112 cm³/mol. The van der Waals surface area contributed by atoms with Gasteiger partial charge in [-0.25, -0.2) is 0 Å². The number of anilines is 1. The third kappa shape index (κ3) is 4.78. The second kappa shape index (κ2) is 8.68. The number of piperidine rings is 1. The first kappa shape index (κ1) is 20.9. The maximum Gasteiger partial charge on any atom is 0.258 e. The van der Waals surface area contributed by atoms with Gasteiger partial charge >= 0.3 is 0 Å². The van der Waals surface area contributed by atoms with E-state index in [4.69, 9.17) is 4.74 Å². The van der Waals surface area contributed by atoms with Crippen LogP contribution in [0, 0.1) is 13.8 Å². The van der Waals surface area contributed by atoms with Gasteiger partial charge in [0, 0.05) is 19.7 Å². The van der Waals surface area contributed by atoms with Crippen LogP contribution in [0.5, 0.6) is 5.75 Å². The molecule has 1 unspecified atom stereocenters. The zero-order chi connectivity index (χ0) is 21.1. The fraction of sp³-hybridized carbons (Fsp3) is 0.500. The Balaban J connectivity index is 1.58. The van der Waals surface area contributed by atoms with E-state index in [0.29, 0.717) is 24.6 Å². The first-order chi connectivity index (χ1) is 13.8. The van der Waals surface area contributed by atoms with Crippen molar-refractivity contribution < 1.29 is 14.3 Å². The molecule has 0 saturated carbocycles. The van der Waals surface area contributed by atoms with Crippen molar-refractivity contribution in [2.75, 3.05) is 18.1 Å². The number of ether oxygens (including phenoxy) is 1. The standard InChI is InChI=1S/C22H30N4O3/c1-14(2)18-9-8-17(11-15(18)3)29-13-20(27)23-19-7-6-10-26(22(19)28)21-12-16(4)24-25(21)5/h8-9,11-12,14,19H,6-7,10,13H2,1-5H3,(H,23,27). The van der Waals surface area contributed by atoms with Crippen LogP contribution in [0.3, 0.4) is 0 Å². The maximum atomic E-state index is 12.9. The van der Waals surface area contributed by atoms with E-state index in [-0.39, 0.29) is 18.4 Å². The minimum absolute atomic E-state index is 0.107. The van der Waals surface area contributed by atoms with E-state index < -0.39 is 6.04 Å². The van der Waals surface area contributed by atoms with Gasteiger partial charge in [0.25, 0.3) is 11.8 Å². The van der Waals surface area contributed by atoms with E-state index in [9.17, 15) is 9.59 Å². The van der Waals surface area contributed by atoms with Crippen LogP contribution in [-0.2, 0) is 16.6 Å². The number of hydrogen-bond acceptors (Lipinski definition) is 4. The summed E-state index contributed by atoms with van der Waals surface area (Å²) < 4.78 is 7.34. The Morgan fingerprint density at radius 3 is 2.69 bits per heavy atom. The molecule has 1 atom stereocenters. The molecule has 3 rings (SSSR count). The molecule has 1 fully saturated rings. The van der Waals surface area contributed by atoms with Crippen molar-refractivity contribution in [1.29, 1.82) is 0 Å². The Bertz CT molecular complexity index is 903. The monoisotopic (exact) mass is 398 g/mol. The Hall–Kier alpha value is -2.83. The molecule has 1 aliphatic rings. The third-order valence-electron chi connectivity index (χ3n) is 5.26. The topological polar surface area (TPSA) is 76.5 Å². The summed E-state index contributed by atoms with van der Waals surface area (Å²) in [4.78, 5) is 27.0. The summed E-state index contributed by atoms with van der Waals surface area (Å²) in [6.45, 7) is 8.74. The first-order valence-electron chi connectivity index (χ1n) is 10.1. The number of aromatic nitrogens is 2. The molecule has 2 heterocycles. The molecule has 0 aliphatic carbocycles. The highest BCUT2D eigenvalue weighted by Crippen LogP contribution is 2.24. The van der Waals surface area contributed by atoms with Crippen molar-refractivity contribution >= 4 is 17.6 Å². The van der Waals surface area contributed by atoms with E-state index in [2.05, 4.69) is 24.3 Å². The van der Waals surface area contributed by atoms with E-state index in [1.54, 1.807) is 9.58 Å². The van der Waals surface area contributed by atoms with E-state index in [0.717, 1.165) is 23.5 Å². The van der Waals surface area contributed by atoms with Gasteiger partial charge in [-0.05, 0) is 55.9 Å². The molecule has 1 N–H and O–H groups in total. The van der Waals surface area contributed by atoms with Crippen LogP contribution in [0.15, 0.2) is 24.3 Å². The smallest absolute Gasteiger partial charge is 0.258 e. The number of benzene rings is 1. The molecule has 2 amide bonds. The molecule has 0 spiro atoms. The van der Waals surface area contributed by atoms with Gasteiger partial charge in [0.1, 0.15) is 17.6 Å². The molecule has 29 heavy (non-hydrogen) atoms. The molecule has 1 aliphatic heterocycles. The summed E-state index contributed by atoms with van der Waals surface area (Å²) in [6, 6.07) is 7.20. The number of hydrogen-bond donors (Lipinski definition) is 1. The average Bonchev–Trinajstić information content (AvgIpc) is 2.99. The molecule has 1 aromatic carbocycles. The normalized spacial score (nSPS) is 17.0. The van der Waals surface area contributed by atoms with E-state index >= 15 is 0 Å². The summed E-state index contributed by atoms with van der Waals surface area (Å²) in [5.41, 5.74) is 3.26. The van der Waals surface area contributed by atoms with Gasteiger partial charge in [0.05, 0.1) is 5.69 Å². The quantitative estimate of drug-likeness (QED) is 0.812. The van der Waals surface area contributed by atoms with Crippen molar-refractivity contribution in [1.82, 2.24) is 15.1 Å². The van der Waals surface area contributed by atoms with Crippen molar-refractivity contribution in [2.24, 2.45) is 7.05 Å². The molecule has 1 aromatic heterocycles. The van der Waals surface area contributed by atoms with Gasteiger partial charge in [-0.1, -0.05) is 19.9 Å². The Kier molecular flexibility index (Phi) is 6.25. The summed E-state index contributed by atoms with van der Waals surface area (Å²) in [7, 11) is 1.82. The number of aryl methyl sites for hydroxylation is 3. The number of carbonyl (C=O) groups is 2. The molecular weight excluding hydrogens is 368 g/mol. The van der Waals surface area contributed by atoms with Gasteiger partial charge in [0.2, 0.25) is 0 Å². The van der Waals surface area contributed by atoms with E-state index in [1.807, 2.05) is 45.2 Å². The molecule has 7 nitrogen and oxygen atoms in total. The largest absolute Gasteiger partial charge is 0.484 e. The highest BCUT2D eigenvalue weighted by atomic mass is 16.5. The lowest BCUT2D eigenvalue weighted by Crippen LogP contribution is -2.53. The summed E-state index contributed by atoms with van der Waals surface area (Å²) in [5, 5.41) is 7.13. The molecule has 7 heteroatoms. The van der Waals surface area contributed by atoms with Crippen molar-refractivity contribution in [3.05, 3.63) is 41.1 Å².